The van der Waals surface area contributed by atoms with Crippen molar-refractivity contribution in [1.29, 1.82) is 0 Å². The molecule has 0 bridgehead atoms. The van der Waals surface area contributed by atoms with Crippen LogP contribution in [0.15, 0.2) is 42.4 Å². The molecule has 16 heavy (non-hydrogen) atoms. The largest absolute Gasteiger partial charge is 0.485 e. The van der Waals surface area contributed by atoms with Gasteiger partial charge in [-0.3, -0.25) is 0 Å². The van der Waals surface area contributed by atoms with Gasteiger partial charge in [0.2, 0.25) is 0 Å². The highest BCUT2D eigenvalue weighted by molar-refractivity contribution is 6.50. The molecule has 0 spiro atoms. The molecular weight excluding hydrogens is 203 g/mol. The predicted octanol–water partition coefficient (Wildman–Crippen LogP) is 2.08. The van der Waals surface area contributed by atoms with Crippen molar-refractivity contribution < 1.29 is 14.0 Å². The van der Waals surface area contributed by atoms with Crippen LogP contribution in [0.25, 0.3) is 0 Å². The quantitative estimate of drug-likeness (QED) is 0.520. The zero-order valence-corrected chi connectivity index (χ0v) is 9.76. The van der Waals surface area contributed by atoms with Crippen molar-refractivity contribution in [3.8, 4) is 0 Å². The molecule has 3 nitrogen and oxygen atoms in total. The Balaban J connectivity index is 2.17. The molecule has 0 saturated heterocycles. The molecule has 4 heteroatoms. The summed E-state index contributed by atoms with van der Waals surface area (Å²) >= 11 is 0. The van der Waals surface area contributed by atoms with Crippen LogP contribution in [-0.4, -0.2) is 27.9 Å². The maximum atomic E-state index is 5.46. The predicted molar refractivity (Wildman–Crippen MR) is 65.0 cm³/mol. The van der Waals surface area contributed by atoms with Gasteiger partial charge in [-0.05, 0) is 5.56 Å². The van der Waals surface area contributed by atoms with Crippen molar-refractivity contribution in [3.63, 3.8) is 0 Å². The van der Waals surface area contributed by atoms with E-state index in [-0.39, 0.29) is 7.12 Å². The molecule has 86 valence electrons. The highest BCUT2D eigenvalue weighted by Crippen LogP contribution is 2.00. The van der Waals surface area contributed by atoms with E-state index in [1.54, 1.807) is 14.2 Å². The third-order valence-corrected chi connectivity index (χ3v) is 2.08. The van der Waals surface area contributed by atoms with Gasteiger partial charge in [0.15, 0.2) is 0 Å². The van der Waals surface area contributed by atoms with E-state index in [4.69, 9.17) is 14.0 Å². The molecule has 0 aliphatic heterocycles. The standard InChI is InChI=1S/C12H17BO3/c1-14-13(15-2)9-6-10-16-11-12-7-4-3-5-8-12/h3-9H,10-11H2,1-2H3/b9-6+. The van der Waals surface area contributed by atoms with Crippen LogP contribution in [0, 0.1) is 0 Å². The molecule has 0 aromatic heterocycles. The Kier molecular flexibility index (Phi) is 6.57. The van der Waals surface area contributed by atoms with Crippen molar-refractivity contribution in [2.75, 3.05) is 20.8 Å². The Morgan fingerprint density at radius 1 is 1.12 bits per heavy atom. The lowest BCUT2D eigenvalue weighted by atomic mass is 9.90. The van der Waals surface area contributed by atoms with Crippen molar-refractivity contribution in [2.45, 2.75) is 6.61 Å². The first kappa shape index (κ1) is 13.0. The third-order valence-electron chi connectivity index (χ3n) is 2.08. The van der Waals surface area contributed by atoms with Crippen molar-refractivity contribution in [3.05, 3.63) is 47.9 Å². The maximum absolute atomic E-state index is 5.46. The molecule has 0 aliphatic carbocycles. The summed E-state index contributed by atoms with van der Waals surface area (Å²) in [5.74, 6) is 1.82. The van der Waals surface area contributed by atoms with E-state index < -0.39 is 0 Å². The molecule has 0 heterocycles. The highest BCUT2D eigenvalue weighted by Gasteiger charge is 2.07. The number of ether oxygens (including phenoxy) is 1. The van der Waals surface area contributed by atoms with Crippen LogP contribution >= 0.6 is 0 Å². The molecule has 0 atom stereocenters. The van der Waals surface area contributed by atoms with Crippen LogP contribution in [0.1, 0.15) is 5.56 Å². The molecular formula is C12H17BO3. The van der Waals surface area contributed by atoms with E-state index in [0.717, 1.165) is 0 Å². The molecule has 0 unspecified atom stereocenters. The van der Waals surface area contributed by atoms with Crippen LogP contribution in [-0.2, 0) is 20.7 Å². The Labute approximate surface area is 97.2 Å². The molecule has 1 aromatic rings. The zero-order chi connectivity index (χ0) is 11.6. The Morgan fingerprint density at radius 2 is 1.81 bits per heavy atom. The van der Waals surface area contributed by atoms with Gasteiger partial charge in [-0.2, -0.15) is 0 Å². The first-order valence-corrected chi connectivity index (χ1v) is 5.20. The van der Waals surface area contributed by atoms with Crippen molar-refractivity contribution >= 4 is 7.12 Å². The average molecular weight is 220 g/mol. The number of hydrogen-bond donors (Lipinski definition) is 0. The SMILES string of the molecule is COB(/C=C/COCc1ccccc1)OC. The van der Waals surface area contributed by atoms with Gasteiger partial charge in [0.05, 0.1) is 13.2 Å². The van der Waals surface area contributed by atoms with Gasteiger partial charge in [-0.25, -0.2) is 0 Å². The van der Waals surface area contributed by atoms with Crippen LogP contribution in [0.3, 0.4) is 0 Å². The fraction of sp³-hybridized carbons (Fsp3) is 0.333. The summed E-state index contributed by atoms with van der Waals surface area (Å²) in [5, 5.41) is 0. The second kappa shape index (κ2) is 8.10. The fourth-order valence-corrected chi connectivity index (χ4v) is 1.24. The molecule has 0 N–H and O–H groups in total. The number of rotatable bonds is 7. The van der Waals surface area contributed by atoms with Gasteiger partial charge < -0.3 is 14.0 Å². The Bertz CT molecular complexity index is 296. The second-order valence-electron chi connectivity index (χ2n) is 3.27. The average Bonchev–Trinajstić information content (AvgIpc) is 2.35. The molecule has 0 saturated carbocycles. The van der Waals surface area contributed by atoms with Crippen LogP contribution in [0.2, 0.25) is 0 Å². The summed E-state index contributed by atoms with van der Waals surface area (Å²) in [4.78, 5) is 0. The summed E-state index contributed by atoms with van der Waals surface area (Å²) in [6.45, 7) is 1.17. The fourth-order valence-electron chi connectivity index (χ4n) is 1.24. The van der Waals surface area contributed by atoms with Gasteiger partial charge in [0.25, 0.3) is 0 Å². The van der Waals surface area contributed by atoms with Gasteiger partial charge >= 0.3 is 7.12 Å². The summed E-state index contributed by atoms with van der Waals surface area (Å²) in [6, 6.07) is 10.1. The Hall–Kier alpha value is -1.10. The first-order chi connectivity index (χ1) is 7.86. The van der Waals surface area contributed by atoms with E-state index in [1.165, 1.54) is 5.56 Å². The molecule has 1 aromatic carbocycles. The maximum Gasteiger partial charge on any atom is 0.485 e. The van der Waals surface area contributed by atoms with Gasteiger partial charge in [-0.15, -0.1) is 0 Å². The molecule has 0 amide bonds. The smallest absolute Gasteiger partial charge is 0.410 e. The van der Waals surface area contributed by atoms with E-state index in [9.17, 15) is 0 Å². The third kappa shape index (κ3) is 5.12. The topological polar surface area (TPSA) is 27.7 Å². The van der Waals surface area contributed by atoms with Crippen LogP contribution < -0.4 is 0 Å². The normalized spacial score (nSPS) is 10.9. The molecule has 0 aliphatic rings. The summed E-state index contributed by atoms with van der Waals surface area (Å²) in [5.41, 5.74) is 1.17. The highest BCUT2D eigenvalue weighted by atomic mass is 16.6. The summed E-state index contributed by atoms with van der Waals surface area (Å²) < 4.78 is 15.5. The lowest BCUT2D eigenvalue weighted by Crippen LogP contribution is -2.15. The number of benzene rings is 1. The van der Waals surface area contributed by atoms with Gasteiger partial charge in [0, 0.05) is 14.2 Å². The minimum absolute atomic E-state index is 0.291. The zero-order valence-electron chi connectivity index (χ0n) is 9.76. The van der Waals surface area contributed by atoms with E-state index in [1.807, 2.05) is 42.4 Å². The van der Waals surface area contributed by atoms with Crippen LogP contribution in [0.5, 0.6) is 0 Å². The molecule has 1 rings (SSSR count). The van der Waals surface area contributed by atoms with E-state index in [2.05, 4.69) is 0 Å². The summed E-state index contributed by atoms with van der Waals surface area (Å²) in [6.07, 6.45) is 1.89. The summed E-state index contributed by atoms with van der Waals surface area (Å²) in [7, 11) is 2.91. The van der Waals surface area contributed by atoms with Crippen molar-refractivity contribution in [2.24, 2.45) is 0 Å². The van der Waals surface area contributed by atoms with Crippen molar-refractivity contribution in [1.82, 2.24) is 0 Å². The monoisotopic (exact) mass is 220 g/mol. The first-order valence-electron chi connectivity index (χ1n) is 5.20. The minimum Gasteiger partial charge on any atom is -0.410 e. The van der Waals surface area contributed by atoms with Crippen LogP contribution in [0.4, 0.5) is 0 Å². The lowest BCUT2D eigenvalue weighted by molar-refractivity contribution is 0.148. The Morgan fingerprint density at radius 3 is 2.44 bits per heavy atom. The van der Waals surface area contributed by atoms with E-state index in [0.29, 0.717) is 13.2 Å². The van der Waals surface area contributed by atoms with Gasteiger partial charge in [-0.1, -0.05) is 42.4 Å². The molecule has 0 radical (unpaired) electrons. The molecule has 0 fully saturated rings. The minimum atomic E-state index is -0.291. The van der Waals surface area contributed by atoms with E-state index >= 15 is 0 Å². The second-order valence-corrected chi connectivity index (χ2v) is 3.27. The van der Waals surface area contributed by atoms with Gasteiger partial charge in [0.1, 0.15) is 0 Å². The lowest BCUT2D eigenvalue weighted by Gasteiger charge is -2.03. The number of hydrogen-bond acceptors (Lipinski definition) is 3.